The Bertz CT molecular complexity index is 626. The van der Waals surface area contributed by atoms with Gasteiger partial charge in [-0.1, -0.05) is 0 Å². The number of esters is 1. The number of aromatic nitrogens is 2. The molecular formula is C12H9F3N2O2. The Labute approximate surface area is 106 Å². The van der Waals surface area contributed by atoms with Gasteiger partial charge in [0.25, 0.3) is 0 Å². The summed E-state index contributed by atoms with van der Waals surface area (Å²) in [6, 6.07) is 1.94. The van der Waals surface area contributed by atoms with Crippen LogP contribution in [0.5, 0.6) is 0 Å². The molecule has 0 saturated heterocycles. The van der Waals surface area contributed by atoms with Crippen LogP contribution in [0.1, 0.15) is 22.8 Å². The molecule has 2 aromatic rings. The molecule has 0 aliphatic rings. The van der Waals surface area contributed by atoms with Crippen LogP contribution < -0.4 is 0 Å². The van der Waals surface area contributed by atoms with Crippen LogP contribution in [-0.4, -0.2) is 22.5 Å². The summed E-state index contributed by atoms with van der Waals surface area (Å²) in [7, 11) is 0. The molecule has 2 aromatic heterocycles. The number of pyridine rings is 2. The van der Waals surface area contributed by atoms with E-state index in [-0.39, 0.29) is 23.2 Å². The molecule has 0 aliphatic heterocycles. The van der Waals surface area contributed by atoms with Crippen molar-refractivity contribution >= 4 is 17.0 Å². The summed E-state index contributed by atoms with van der Waals surface area (Å²) in [5.74, 6) is -0.714. The highest BCUT2D eigenvalue weighted by molar-refractivity contribution is 5.93. The van der Waals surface area contributed by atoms with E-state index in [9.17, 15) is 18.0 Å². The number of nitrogens with zero attached hydrogens (tertiary/aromatic N) is 2. The van der Waals surface area contributed by atoms with Gasteiger partial charge in [0.2, 0.25) is 0 Å². The third kappa shape index (κ3) is 2.64. The second-order valence-corrected chi connectivity index (χ2v) is 3.67. The zero-order valence-corrected chi connectivity index (χ0v) is 9.86. The molecule has 100 valence electrons. The van der Waals surface area contributed by atoms with E-state index in [1.807, 2.05) is 0 Å². The smallest absolute Gasteiger partial charge is 0.417 e. The first-order valence-electron chi connectivity index (χ1n) is 5.42. The summed E-state index contributed by atoms with van der Waals surface area (Å²) < 4.78 is 43.2. The summed E-state index contributed by atoms with van der Waals surface area (Å²) in [4.78, 5) is 19.0. The summed E-state index contributed by atoms with van der Waals surface area (Å²) in [6.07, 6.45) is -2.36. The van der Waals surface area contributed by atoms with Gasteiger partial charge < -0.3 is 4.74 Å². The van der Waals surface area contributed by atoms with E-state index in [2.05, 4.69) is 9.97 Å². The van der Waals surface area contributed by atoms with Gasteiger partial charge in [0.1, 0.15) is 0 Å². The van der Waals surface area contributed by atoms with Gasteiger partial charge in [0, 0.05) is 17.8 Å². The van der Waals surface area contributed by atoms with Gasteiger partial charge in [-0.25, -0.2) is 14.8 Å². The quantitative estimate of drug-likeness (QED) is 0.787. The maximum Gasteiger partial charge on any atom is 0.417 e. The van der Waals surface area contributed by atoms with Gasteiger partial charge in [-0.3, -0.25) is 0 Å². The van der Waals surface area contributed by atoms with Gasteiger partial charge in [-0.05, 0) is 19.1 Å². The van der Waals surface area contributed by atoms with Crippen LogP contribution >= 0.6 is 0 Å². The average Bonchev–Trinajstić information content (AvgIpc) is 2.36. The average molecular weight is 270 g/mol. The fourth-order valence-electron chi connectivity index (χ4n) is 1.60. The van der Waals surface area contributed by atoms with Gasteiger partial charge in [0.05, 0.1) is 17.7 Å². The van der Waals surface area contributed by atoms with Crippen molar-refractivity contribution in [1.82, 2.24) is 9.97 Å². The molecule has 4 nitrogen and oxygen atoms in total. The number of rotatable bonds is 2. The molecule has 7 heteroatoms. The van der Waals surface area contributed by atoms with Crippen molar-refractivity contribution in [2.75, 3.05) is 6.61 Å². The second kappa shape index (κ2) is 4.83. The van der Waals surface area contributed by atoms with Crippen molar-refractivity contribution in [3.8, 4) is 0 Å². The zero-order chi connectivity index (χ0) is 14.0. The van der Waals surface area contributed by atoms with Gasteiger partial charge >= 0.3 is 12.1 Å². The Morgan fingerprint density at radius 1 is 1.37 bits per heavy atom. The molecule has 19 heavy (non-hydrogen) atoms. The van der Waals surface area contributed by atoms with Crippen LogP contribution in [0.25, 0.3) is 11.0 Å². The first-order valence-corrected chi connectivity index (χ1v) is 5.42. The van der Waals surface area contributed by atoms with Crippen LogP contribution in [0, 0.1) is 0 Å². The summed E-state index contributed by atoms with van der Waals surface area (Å²) in [6.45, 7) is 1.74. The maximum atomic E-state index is 12.8. The Kier molecular flexibility index (Phi) is 3.37. The van der Waals surface area contributed by atoms with E-state index in [1.165, 1.54) is 0 Å². The molecule has 0 amide bonds. The molecule has 0 radical (unpaired) electrons. The number of alkyl halides is 3. The number of carbonyl (C=O) groups excluding carboxylic acids is 1. The van der Waals surface area contributed by atoms with Crippen molar-refractivity contribution < 1.29 is 22.7 Å². The molecule has 0 unspecified atom stereocenters. The zero-order valence-electron chi connectivity index (χ0n) is 9.86. The minimum Gasteiger partial charge on any atom is -0.462 e. The molecule has 2 rings (SSSR count). The van der Waals surface area contributed by atoms with E-state index < -0.39 is 17.7 Å². The number of carbonyl (C=O) groups is 1. The van der Waals surface area contributed by atoms with Gasteiger partial charge in [-0.15, -0.1) is 0 Å². The molecule has 0 aliphatic carbocycles. The molecule has 2 heterocycles. The van der Waals surface area contributed by atoms with Crippen LogP contribution in [0.15, 0.2) is 24.5 Å². The monoisotopic (exact) mass is 270 g/mol. The Hall–Kier alpha value is -2.18. The predicted octanol–water partition coefficient (Wildman–Crippen LogP) is 2.83. The lowest BCUT2D eigenvalue weighted by Crippen LogP contribution is -2.09. The Morgan fingerprint density at radius 3 is 2.74 bits per heavy atom. The third-order valence-electron chi connectivity index (χ3n) is 2.41. The van der Waals surface area contributed by atoms with Gasteiger partial charge in [-0.2, -0.15) is 13.2 Å². The summed E-state index contributed by atoms with van der Waals surface area (Å²) in [5.41, 5.74) is -0.980. The van der Waals surface area contributed by atoms with E-state index in [0.29, 0.717) is 0 Å². The number of ether oxygens (including phenoxy) is 1. The van der Waals surface area contributed by atoms with Crippen LogP contribution in [0.3, 0.4) is 0 Å². The fourth-order valence-corrected chi connectivity index (χ4v) is 1.60. The molecule has 0 N–H and O–H groups in total. The van der Waals surface area contributed by atoms with Crippen molar-refractivity contribution in [2.45, 2.75) is 13.1 Å². The summed E-state index contributed by atoms with van der Waals surface area (Å²) in [5, 5.41) is -0.222. The predicted molar refractivity (Wildman–Crippen MR) is 60.5 cm³/mol. The highest BCUT2D eigenvalue weighted by atomic mass is 19.4. The van der Waals surface area contributed by atoms with Crippen LogP contribution in [-0.2, 0) is 10.9 Å². The van der Waals surface area contributed by atoms with E-state index in [1.54, 1.807) is 6.92 Å². The molecule has 0 fully saturated rings. The van der Waals surface area contributed by atoms with Crippen LogP contribution in [0.2, 0.25) is 0 Å². The largest absolute Gasteiger partial charge is 0.462 e. The number of halogens is 3. The topological polar surface area (TPSA) is 52.1 Å². The second-order valence-electron chi connectivity index (χ2n) is 3.67. The number of fused-ring (bicyclic) bond motifs is 1. The van der Waals surface area contributed by atoms with E-state index >= 15 is 0 Å². The summed E-state index contributed by atoms with van der Waals surface area (Å²) >= 11 is 0. The molecular weight excluding hydrogens is 261 g/mol. The first-order chi connectivity index (χ1) is 8.93. The normalized spacial score (nSPS) is 11.6. The standard InChI is InChI=1S/C12H9F3N2O2/c1-2-19-11(18)7-5-8-9(12(13,14)15)3-4-16-10(8)17-6-7/h3-6H,2H2,1H3. The fraction of sp³-hybridized carbons (Fsp3) is 0.250. The molecule has 0 spiro atoms. The Balaban J connectivity index is 2.60. The van der Waals surface area contributed by atoms with Crippen molar-refractivity contribution in [3.05, 3.63) is 35.7 Å². The Morgan fingerprint density at radius 2 is 2.11 bits per heavy atom. The third-order valence-corrected chi connectivity index (χ3v) is 2.41. The highest BCUT2D eigenvalue weighted by Gasteiger charge is 2.33. The molecule has 0 saturated carbocycles. The van der Waals surface area contributed by atoms with Gasteiger partial charge in [0.15, 0.2) is 5.65 Å². The highest BCUT2D eigenvalue weighted by Crippen LogP contribution is 2.33. The van der Waals surface area contributed by atoms with E-state index in [4.69, 9.17) is 4.74 Å². The lowest BCUT2D eigenvalue weighted by molar-refractivity contribution is -0.136. The first kappa shape index (κ1) is 13.3. The number of hydrogen-bond acceptors (Lipinski definition) is 4. The molecule has 0 bridgehead atoms. The minimum atomic E-state index is -4.53. The SMILES string of the molecule is CCOC(=O)c1cnc2nccc(C(F)(F)F)c2c1. The number of hydrogen-bond donors (Lipinski definition) is 0. The molecule has 0 atom stereocenters. The molecule has 0 aromatic carbocycles. The lowest BCUT2D eigenvalue weighted by atomic mass is 10.1. The van der Waals surface area contributed by atoms with E-state index in [0.717, 1.165) is 24.5 Å². The van der Waals surface area contributed by atoms with Crippen molar-refractivity contribution in [2.24, 2.45) is 0 Å². The minimum absolute atomic E-state index is 0.0344. The maximum absolute atomic E-state index is 12.8. The van der Waals surface area contributed by atoms with Crippen molar-refractivity contribution in [1.29, 1.82) is 0 Å². The van der Waals surface area contributed by atoms with Crippen LogP contribution in [0.4, 0.5) is 13.2 Å². The van der Waals surface area contributed by atoms with Crippen molar-refractivity contribution in [3.63, 3.8) is 0 Å². The lowest BCUT2D eigenvalue weighted by Gasteiger charge is -2.10.